The quantitative estimate of drug-likeness (QED) is 0.795. The van der Waals surface area contributed by atoms with E-state index in [1.807, 2.05) is 0 Å². The molecule has 0 N–H and O–H groups in total. The van der Waals surface area contributed by atoms with Gasteiger partial charge in [-0.05, 0) is 66.2 Å². The molecule has 2 aromatic rings. The Labute approximate surface area is 149 Å². The van der Waals surface area contributed by atoms with Crippen molar-refractivity contribution in [2.75, 3.05) is 7.05 Å². The normalized spacial score (nSPS) is 19.8. The molecule has 0 spiro atoms. The van der Waals surface area contributed by atoms with Crippen LogP contribution in [0.25, 0.3) is 10.2 Å². The summed E-state index contributed by atoms with van der Waals surface area (Å²) in [6.45, 7) is 13.6. The van der Waals surface area contributed by atoms with Crippen molar-refractivity contribution in [3.8, 4) is 0 Å². The van der Waals surface area contributed by atoms with Gasteiger partial charge in [0.1, 0.15) is 5.01 Å². The lowest BCUT2D eigenvalue weighted by molar-refractivity contribution is 0.00578. The first-order valence-electron chi connectivity index (χ1n) is 8.54. The van der Waals surface area contributed by atoms with Crippen molar-refractivity contribution in [3.63, 3.8) is 0 Å². The molecular formula is C18H27BN2O2S. The molecule has 130 valence electrons. The summed E-state index contributed by atoms with van der Waals surface area (Å²) in [4.78, 5) is 7.10. The lowest BCUT2D eigenvalue weighted by atomic mass is 9.79. The second-order valence-electron chi connectivity index (χ2n) is 7.93. The standard InChI is InChI=1S/C18H27BN2O2S/c1-12(2)21(7)11-16-20-14-10-13(8-9-15(14)24-16)19-22-17(3,4)18(5,6)23-19/h8-10,12H,11H2,1-7H3. The number of aromatic nitrogens is 1. The van der Waals surface area contributed by atoms with Crippen LogP contribution in [0.3, 0.4) is 0 Å². The zero-order valence-corrected chi connectivity index (χ0v) is 16.5. The molecule has 0 saturated carbocycles. The maximum atomic E-state index is 6.15. The minimum atomic E-state index is -0.331. The highest BCUT2D eigenvalue weighted by molar-refractivity contribution is 7.18. The lowest BCUT2D eigenvalue weighted by Gasteiger charge is -2.32. The second kappa shape index (κ2) is 6.09. The van der Waals surface area contributed by atoms with Crippen LogP contribution in [0.2, 0.25) is 0 Å². The van der Waals surface area contributed by atoms with Crippen LogP contribution < -0.4 is 5.46 Å². The summed E-state index contributed by atoms with van der Waals surface area (Å²) in [6.07, 6.45) is 0. The Bertz CT molecular complexity index is 726. The van der Waals surface area contributed by atoms with Crippen LogP contribution in [0, 0.1) is 0 Å². The molecule has 0 bridgehead atoms. The van der Waals surface area contributed by atoms with Gasteiger partial charge < -0.3 is 9.31 Å². The van der Waals surface area contributed by atoms with Crippen molar-refractivity contribution in [2.24, 2.45) is 0 Å². The summed E-state index contributed by atoms with van der Waals surface area (Å²) in [7, 11) is 1.80. The molecule has 0 amide bonds. The first kappa shape index (κ1) is 17.9. The number of hydrogen-bond donors (Lipinski definition) is 0. The smallest absolute Gasteiger partial charge is 0.399 e. The summed E-state index contributed by atoms with van der Waals surface area (Å²) in [6, 6.07) is 6.84. The van der Waals surface area contributed by atoms with Gasteiger partial charge in [-0.25, -0.2) is 4.98 Å². The van der Waals surface area contributed by atoms with Gasteiger partial charge in [-0.3, -0.25) is 4.90 Å². The van der Waals surface area contributed by atoms with Gasteiger partial charge >= 0.3 is 7.12 Å². The Balaban J connectivity index is 1.85. The maximum absolute atomic E-state index is 6.15. The first-order chi connectivity index (χ1) is 11.1. The predicted octanol–water partition coefficient (Wildman–Crippen LogP) is 3.44. The van der Waals surface area contributed by atoms with Gasteiger partial charge in [0.05, 0.1) is 28.0 Å². The summed E-state index contributed by atoms with van der Waals surface area (Å²) in [5, 5.41) is 1.15. The number of fused-ring (bicyclic) bond motifs is 1. The molecule has 2 heterocycles. The van der Waals surface area contributed by atoms with E-state index >= 15 is 0 Å². The van der Waals surface area contributed by atoms with E-state index in [2.05, 4.69) is 71.7 Å². The summed E-state index contributed by atoms with van der Waals surface area (Å²) < 4.78 is 13.5. The Morgan fingerprint density at radius 3 is 2.38 bits per heavy atom. The molecule has 4 nitrogen and oxygen atoms in total. The van der Waals surface area contributed by atoms with E-state index in [0.29, 0.717) is 6.04 Å². The van der Waals surface area contributed by atoms with E-state index in [4.69, 9.17) is 14.3 Å². The summed E-state index contributed by atoms with van der Waals surface area (Å²) >= 11 is 1.76. The Hall–Kier alpha value is -0.945. The molecule has 0 atom stereocenters. The van der Waals surface area contributed by atoms with E-state index < -0.39 is 0 Å². The van der Waals surface area contributed by atoms with Crippen LogP contribution in [0.15, 0.2) is 18.2 Å². The molecule has 0 radical (unpaired) electrons. The summed E-state index contributed by atoms with van der Waals surface area (Å²) in [5.74, 6) is 0. The van der Waals surface area contributed by atoms with Crippen molar-refractivity contribution in [3.05, 3.63) is 23.2 Å². The summed E-state index contributed by atoms with van der Waals surface area (Å²) in [5.41, 5.74) is 1.43. The van der Waals surface area contributed by atoms with E-state index in [-0.39, 0.29) is 18.3 Å². The van der Waals surface area contributed by atoms with Crippen molar-refractivity contribution >= 4 is 34.1 Å². The zero-order valence-electron chi connectivity index (χ0n) is 15.7. The second-order valence-corrected chi connectivity index (χ2v) is 9.05. The molecule has 1 aliphatic rings. The van der Waals surface area contributed by atoms with Gasteiger partial charge in [0, 0.05) is 6.04 Å². The maximum Gasteiger partial charge on any atom is 0.494 e. The topological polar surface area (TPSA) is 34.6 Å². The fourth-order valence-electron chi connectivity index (χ4n) is 2.58. The predicted molar refractivity (Wildman–Crippen MR) is 102 cm³/mol. The van der Waals surface area contributed by atoms with Gasteiger partial charge in [0.25, 0.3) is 0 Å². The SMILES string of the molecule is CC(C)N(C)Cc1nc2cc(B3OC(C)(C)C(C)(C)O3)ccc2s1. The highest BCUT2D eigenvalue weighted by Gasteiger charge is 2.51. The highest BCUT2D eigenvalue weighted by atomic mass is 32.1. The van der Waals surface area contributed by atoms with E-state index in [1.165, 1.54) is 4.70 Å². The molecule has 24 heavy (non-hydrogen) atoms. The Morgan fingerprint density at radius 2 is 1.79 bits per heavy atom. The molecule has 1 aromatic carbocycles. The molecule has 1 aromatic heterocycles. The number of hydrogen-bond acceptors (Lipinski definition) is 5. The fourth-order valence-corrected chi connectivity index (χ4v) is 3.59. The van der Waals surface area contributed by atoms with E-state index in [0.717, 1.165) is 22.5 Å². The van der Waals surface area contributed by atoms with Crippen LogP contribution in [0.4, 0.5) is 0 Å². The Kier molecular flexibility index (Phi) is 4.54. The lowest BCUT2D eigenvalue weighted by Crippen LogP contribution is -2.41. The van der Waals surface area contributed by atoms with Crippen LogP contribution >= 0.6 is 11.3 Å². The van der Waals surface area contributed by atoms with E-state index in [9.17, 15) is 0 Å². The van der Waals surface area contributed by atoms with Crippen LogP contribution in [-0.4, -0.2) is 41.3 Å². The average molecular weight is 346 g/mol. The molecule has 1 fully saturated rings. The number of thiazole rings is 1. The van der Waals surface area contributed by atoms with Crippen molar-refractivity contribution in [1.29, 1.82) is 0 Å². The largest absolute Gasteiger partial charge is 0.494 e. The molecule has 1 aliphatic heterocycles. The van der Waals surface area contributed by atoms with Crippen molar-refractivity contribution in [2.45, 2.75) is 65.3 Å². The van der Waals surface area contributed by atoms with Crippen LogP contribution in [0.5, 0.6) is 0 Å². The third-order valence-corrected chi connectivity index (χ3v) is 6.27. The fraction of sp³-hybridized carbons (Fsp3) is 0.611. The van der Waals surface area contributed by atoms with Gasteiger partial charge in [-0.2, -0.15) is 0 Å². The van der Waals surface area contributed by atoms with Gasteiger partial charge in [0.2, 0.25) is 0 Å². The molecule has 1 saturated heterocycles. The first-order valence-corrected chi connectivity index (χ1v) is 9.36. The number of benzene rings is 1. The number of rotatable bonds is 4. The minimum absolute atomic E-state index is 0.320. The Morgan fingerprint density at radius 1 is 1.17 bits per heavy atom. The van der Waals surface area contributed by atoms with Crippen LogP contribution in [0.1, 0.15) is 46.6 Å². The third kappa shape index (κ3) is 3.25. The number of nitrogens with zero attached hydrogens (tertiary/aromatic N) is 2. The molecule has 0 unspecified atom stereocenters. The van der Waals surface area contributed by atoms with Gasteiger partial charge in [0.15, 0.2) is 0 Å². The van der Waals surface area contributed by atoms with Crippen molar-refractivity contribution in [1.82, 2.24) is 9.88 Å². The van der Waals surface area contributed by atoms with Crippen LogP contribution in [-0.2, 0) is 15.9 Å². The van der Waals surface area contributed by atoms with Gasteiger partial charge in [-0.15, -0.1) is 11.3 Å². The molecular weight excluding hydrogens is 319 g/mol. The molecule has 3 rings (SSSR count). The van der Waals surface area contributed by atoms with Crippen molar-refractivity contribution < 1.29 is 9.31 Å². The third-order valence-electron chi connectivity index (χ3n) is 5.25. The average Bonchev–Trinajstić information content (AvgIpc) is 2.95. The molecule has 0 aliphatic carbocycles. The highest BCUT2D eigenvalue weighted by Crippen LogP contribution is 2.36. The van der Waals surface area contributed by atoms with Gasteiger partial charge in [-0.1, -0.05) is 6.07 Å². The minimum Gasteiger partial charge on any atom is -0.399 e. The van der Waals surface area contributed by atoms with E-state index in [1.54, 1.807) is 11.3 Å². The molecule has 6 heteroatoms. The monoisotopic (exact) mass is 346 g/mol. The zero-order chi connectivity index (χ0) is 17.7.